The first-order valence-electron chi connectivity index (χ1n) is 1.47. The van der Waals surface area contributed by atoms with E-state index in [9.17, 15) is 0 Å². The maximum absolute atomic E-state index is 4.40. The lowest BCUT2D eigenvalue weighted by Crippen LogP contribution is -1.76. The van der Waals surface area contributed by atoms with Crippen molar-refractivity contribution in [1.82, 2.24) is 15.5 Å². The van der Waals surface area contributed by atoms with Crippen molar-refractivity contribution in [2.24, 2.45) is 7.05 Å². The SMILES string of the molecule is Cn1o[nH][nH]o1. The van der Waals surface area contributed by atoms with Crippen LogP contribution in [0.15, 0.2) is 9.26 Å². The van der Waals surface area contributed by atoms with Gasteiger partial charge >= 0.3 is 0 Å². The normalized spacial score (nSPS) is 8.83. The van der Waals surface area contributed by atoms with Crippen molar-refractivity contribution in [3.8, 4) is 0 Å². The van der Waals surface area contributed by atoms with E-state index < -0.39 is 0 Å². The summed E-state index contributed by atoms with van der Waals surface area (Å²) in [6.45, 7) is 0. The predicted molar refractivity (Wildman–Crippen MR) is 16.3 cm³/mol. The van der Waals surface area contributed by atoms with Crippen LogP contribution in [0.2, 0.25) is 0 Å². The second kappa shape index (κ2) is 1.00. The summed E-state index contributed by atoms with van der Waals surface area (Å²) in [6, 6.07) is 0. The van der Waals surface area contributed by atoms with Crippen LogP contribution < -0.4 is 0 Å². The summed E-state index contributed by atoms with van der Waals surface area (Å²) in [5.41, 5.74) is 0. The molecule has 1 aromatic rings. The van der Waals surface area contributed by atoms with Gasteiger partial charge < -0.3 is 0 Å². The zero-order valence-electron chi connectivity index (χ0n) is 3.26. The van der Waals surface area contributed by atoms with E-state index in [4.69, 9.17) is 0 Å². The molecule has 1 aromatic heterocycles. The highest BCUT2D eigenvalue weighted by atomic mass is 16.8. The van der Waals surface area contributed by atoms with E-state index in [0.717, 1.165) is 4.91 Å². The molecule has 2 N–H and O–H groups in total. The Morgan fingerprint density at radius 2 is 1.83 bits per heavy atom. The molecule has 5 heteroatoms. The number of nitrogens with zero attached hydrogens (tertiary/aromatic N) is 1. The summed E-state index contributed by atoms with van der Waals surface area (Å²) >= 11 is 0. The van der Waals surface area contributed by atoms with Gasteiger partial charge in [-0.2, -0.15) is 0 Å². The van der Waals surface area contributed by atoms with Crippen molar-refractivity contribution < 1.29 is 9.26 Å². The van der Waals surface area contributed by atoms with Gasteiger partial charge in [-0.1, -0.05) is 0 Å². The van der Waals surface area contributed by atoms with E-state index in [0.29, 0.717) is 0 Å². The maximum atomic E-state index is 4.40. The van der Waals surface area contributed by atoms with Crippen molar-refractivity contribution in [2.75, 3.05) is 0 Å². The van der Waals surface area contributed by atoms with Crippen molar-refractivity contribution in [2.45, 2.75) is 0 Å². The molecule has 1 heterocycles. The molecule has 0 saturated carbocycles. The van der Waals surface area contributed by atoms with E-state index >= 15 is 0 Å². The van der Waals surface area contributed by atoms with E-state index in [1.807, 2.05) is 0 Å². The molecule has 0 atom stereocenters. The Balaban J connectivity index is 3.05. The van der Waals surface area contributed by atoms with Crippen molar-refractivity contribution in [3.63, 3.8) is 0 Å². The van der Waals surface area contributed by atoms with Gasteiger partial charge in [0.25, 0.3) is 0 Å². The summed E-state index contributed by atoms with van der Waals surface area (Å²) in [5.74, 6) is 0. The Hall–Kier alpha value is -1.00. The average molecular weight is 91.1 g/mol. The number of hydrogen-bond donors (Lipinski definition) is 2. The van der Waals surface area contributed by atoms with Crippen molar-refractivity contribution in [3.05, 3.63) is 0 Å². The van der Waals surface area contributed by atoms with Gasteiger partial charge in [-0.05, 0) is 4.91 Å². The van der Waals surface area contributed by atoms with Gasteiger partial charge in [0.2, 0.25) is 0 Å². The third kappa shape index (κ3) is 0.333. The summed E-state index contributed by atoms with van der Waals surface area (Å²) in [7, 11) is 1.60. The minimum Gasteiger partial charge on any atom is -0.243 e. The van der Waals surface area contributed by atoms with Crippen LogP contribution in [0.4, 0.5) is 0 Å². The molecule has 0 aliphatic rings. The fourth-order valence-electron chi connectivity index (χ4n) is 0.184. The van der Waals surface area contributed by atoms with Crippen LogP contribution in [-0.4, -0.2) is 15.5 Å². The molecule has 0 fully saturated rings. The third-order valence-corrected chi connectivity index (χ3v) is 0.390. The second-order valence-corrected chi connectivity index (χ2v) is 0.826. The number of nitrogens with one attached hydrogen (secondary N) is 2. The Bertz CT molecular complexity index is 112. The summed E-state index contributed by atoms with van der Waals surface area (Å²) in [4.78, 5) is 1.14. The zero-order valence-corrected chi connectivity index (χ0v) is 3.26. The minimum absolute atomic E-state index is 1.14. The van der Waals surface area contributed by atoms with Crippen LogP contribution >= 0.6 is 0 Å². The Morgan fingerprint density at radius 1 is 1.33 bits per heavy atom. The fraction of sp³-hybridized carbons (Fsp3) is 1.00. The van der Waals surface area contributed by atoms with E-state index in [2.05, 4.69) is 19.8 Å². The summed E-state index contributed by atoms with van der Waals surface area (Å²) in [6.07, 6.45) is 0. The monoisotopic (exact) mass is 91.0 g/mol. The molecular weight excluding hydrogens is 86.0 g/mol. The lowest BCUT2D eigenvalue weighted by Gasteiger charge is -1.70. The van der Waals surface area contributed by atoms with Gasteiger partial charge in [-0.3, -0.25) is 0 Å². The van der Waals surface area contributed by atoms with Crippen molar-refractivity contribution in [1.29, 1.82) is 0 Å². The first-order chi connectivity index (χ1) is 2.89. The number of aromatic nitrogens is 3. The molecule has 0 unspecified atom stereocenters. The first-order valence-corrected chi connectivity index (χ1v) is 1.47. The van der Waals surface area contributed by atoms with Crippen LogP contribution in [-0.2, 0) is 7.05 Å². The minimum atomic E-state index is 1.14. The number of rotatable bonds is 0. The highest BCUT2D eigenvalue weighted by Gasteiger charge is 1.68. The number of aromatic amines is 2. The molecule has 0 saturated heterocycles. The molecule has 0 aromatic carbocycles. The number of aryl methyl sites for hydroxylation is 1. The van der Waals surface area contributed by atoms with Crippen LogP contribution in [0, 0.1) is 0 Å². The van der Waals surface area contributed by atoms with Crippen LogP contribution in [0.1, 0.15) is 0 Å². The Kier molecular flexibility index (Phi) is 0.533. The van der Waals surface area contributed by atoms with Gasteiger partial charge in [0.05, 0.1) is 7.05 Å². The molecule has 0 amide bonds. The molecule has 1 rings (SSSR count). The average Bonchev–Trinajstić information content (AvgIpc) is 1.86. The molecular formula is CH5N3O2. The molecule has 6 heavy (non-hydrogen) atoms. The first kappa shape index (κ1) is 3.20. The van der Waals surface area contributed by atoms with Gasteiger partial charge in [0, 0.05) is 0 Å². The highest BCUT2D eigenvalue weighted by molar-refractivity contribution is 3.74. The Labute approximate surface area is 33.0 Å². The van der Waals surface area contributed by atoms with Crippen LogP contribution in [0.5, 0.6) is 0 Å². The predicted octanol–water partition coefficient (Wildman–Crippen LogP) is -0.00830. The lowest BCUT2D eigenvalue weighted by molar-refractivity contribution is 0.0721. The zero-order chi connectivity index (χ0) is 4.41. The van der Waals surface area contributed by atoms with Crippen molar-refractivity contribution >= 4 is 0 Å². The molecule has 0 aliphatic carbocycles. The van der Waals surface area contributed by atoms with Gasteiger partial charge in [-0.15, -0.1) is 10.5 Å². The van der Waals surface area contributed by atoms with E-state index in [1.54, 1.807) is 7.05 Å². The summed E-state index contributed by atoms with van der Waals surface area (Å²) in [5, 5.41) is 4.45. The Morgan fingerprint density at radius 3 is 2.00 bits per heavy atom. The maximum Gasteiger partial charge on any atom is 0.0849 e. The number of hydrogen-bond acceptors (Lipinski definition) is 2. The number of H-pyrrole nitrogens is 2. The third-order valence-electron chi connectivity index (χ3n) is 0.390. The molecule has 0 bridgehead atoms. The standard InChI is InChI=1S/CH5N3O2/c1-4-5-2-3-6-4/h2-3H,1H3. The van der Waals surface area contributed by atoms with E-state index in [1.165, 1.54) is 0 Å². The largest absolute Gasteiger partial charge is 0.243 e. The molecule has 0 aliphatic heterocycles. The van der Waals surface area contributed by atoms with Gasteiger partial charge in [0.1, 0.15) is 0 Å². The van der Waals surface area contributed by atoms with Crippen LogP contribution in [0.3, 0.4) is 0 Å². The topological polar surface area (TPSA) is 62.8 Å². The molecule has 0 radical (unpaired) electrons. The van der Waals surface area contributed by atoms with Gasteiger partial charge in [-0.25, -0.2) is 9.26 Å². The lowest BCUT2D eigenvalue weighted by atomic mass is 11.5. The quantitative estimate of drug-likeness (QED) is 0.471. The highest BCUT2D eigenvalue weighted by Crippen LogP contribution is 1.66. The smallest absolute Gasteiger partial charge is 0.0849 e. The fourth-order valence-corrected chi connectivity index (χ4v) is 0.184. The molecule has 5 nitrogen and oxygen atoms in total. The van der Waals surface area contributed by atoms with E-state index in [-0.39, 0.29) is 0 Å². The molecule has 36 valence electrons. The second-order valence-electron chi connectivity index (χ2n) is 0.826. The van der Waals surface area contributed by atoms with Gasteiger partial charge in [0.15, 0.2) is 0 Å². The summed E-state index contributed by atoms with van der Waals surface area (Å²) < 4.78 is 8.81. The molecule has 0 spiro atoms. The van der Waals surface area contributed by atoms with Crippen LogP contribution in [0.25, 0.3) is 0 Å².